The van der Waals surface area contributed by atoms with Gasteiger partial charge in [0.1, 0.15) is 12.4 Å². The fraction of sp³-hybridized carbons (Fsp3) is 0.556. The van der Waals surface area contributed by atoms with Gasteiger partial charge >= 0.3 is 0 Å². The molecule has 0 unspecified atom stereocenters. The third-order valence-electron chi connectivity index (χ3n) is 3.29. The van der Waals surface area contributed by atoms with Crippen LogP contribution in [0.25, 0.3) is 0 Å². The van der Waals surface area contributed by atoms with E-state index in [1.807, 2.05) is 39.8 Å². The highest BCUT2D eigenvalue weighted by molar-refractivity contribution is 5.81. The summed E-state index contributed by atoms with van der Waals surface area (Å²) < 4.78 is 5.66. The van der Waals surface area contributed by atoms with Gasteiger partial charge in [-0.1, -0.05) is 17.7 Å². The van der Waals surface area contributed by atoms with Crippen molar-refractivity contribution in [2.75, 3.05) is 33.3 Å². The number of carbonyl (C=O) groups excluding carboxylic acids is 2. The minimum absolute atomic E-state index is 0.0847. The van der Waals surface area contributed by atoms with Crippen LogP contribution in [0.1, 0.15) is 25.0 Å². The van der Waals surface area contributed by atoms with Gasteiger partial charge in [-0.25, -0.2) is 0 Å². The molecule has 6 heteroatoms. The molecule has 0 aromatic heterocycles. The number of carbonyl (C=O) groups is 2. The second-order valence-electron chi connectivity index (χ2n) is 6.36. The smallest absolute Gasteiger partial charge is 0.234 e. The predicted molar refractivity (Wildman–Crippen MR) is 95.2 cm³/mol. The van der Waals surface area contributed by atoms with Crippen LogP contribution in [0.4, 0.5) is 0 Å². The number of hydrogen-bond acceptors (Lipinski definition) is 4. The van der Waals surface area contributed by atoms with E-state index < -0.39 is 0 Å². The van der Waals surface area contributed by atoms with E-state index >= 15 is 0 Å². The van der Waals surface area contributed by atoms with Crippen LogP contribution in [0.3, 0.4) is 0 Å². The highest BCUT2D eigenvalue weighted by Crippen LogP contribution is 2.18. The lowest BCUT2D eigenvalue weighted by Gasteiger charge is -2.17. The maximum absolute atomic E-state index is 11.8. The van der Waals surface area contributed by atoms with Gasteiger partial charge < -0.3 is 15.4 Å². The largest absolute Gasteiger partial charge is 0.491 e. The predicted octanol–water partition coefficient (Wildman–Crippen LogP) is 1.25. The van der Waals surface area contributed by atoms with Crippen LogP contribution >= 0.6 is 0 Å². The molecule has 0 saturated carbocycles. The SMILES string of the molecule is Cc1ccc(OCCNC(=O)CN(C)CC(=O)NC(C)C)c(C)c1. The highest BCUT2D eigenvalue weighted by atomic mass is 16.5. The molecule has 0 spiro atoms. The molecule has 2 N–H and O–H groups in total. The lowest BCUT2D eigenvalue weighted by atomic mass is 10.1. The molecule has 0 bridgehead atoms. The van der Waals surface area contributed by atoms with Crippen molar-refractivity contribution >= 4 is 11.8 Å². The Bertz CT molecular complexity index is 558. The summed E-state index contributed by atoms with van der Waals surface area (Å²) in [6, 6.07) is 6.10. The molecule has 1 rings (SSSR count). The van der Waals surface area contributed by atoms with Crippen molar-refractivity contribution in [2.24, 2.45) is 0 Å². The van der Waals surface area contributed by atoms with E-state index in [4.69, 9.17) is 4.74 Å². The molecular weight excluding hydrogens is 306 g/mol. The zero-order valence-electron chi connectivity index (χ0n) is 15.3. The first kappa shape index (κ1) is 20.0. The van der Waals surface area contributed by atoms with E-state index in [-0.39, 0.29) is 30.9 Å². The molecule has 1 aromatic carbocycles. The molecular formula is C18H29N3O3. The number of rotatable bonds is 9. The number of ether oxygens (including phenoxy) is 1. The van der Waals surface area contributed by atoms with Crippen LogP contribution in [-0.2, 0) is 9.59 Å². The quantitative estimate of drug-likeness (QED) is 0.667. The Morgan fingerprint density at radius 3 is 2.46 bits per heavy atom. The van der Waals surface area contributed by atoms with Crippen molar-refractivity contribution in [3.63, 3.8) is 0 Å². The summed E-state index contributed by atoms with van der Waals surface area (Å²) in [5, 5.41) is 5.59. The summed E-state index contributed by atoms with van der Waals surface area (Å²) in [4.78, 5) is 25.1. The topological polar surface area (TPSA) is 70.7 Å². The van der Waals surface area contributed by atoms with Crippen molar-refractivity contribution in [1.29, 1.82) is 0 Å². The molecule has 0 aliphatic carbocycles. The van der Waals surface area contributed by atoms with E-state index in [1.54, 1.807) is 11.9 Å². The fourth-order valence-electron chi connectivity index (χ4n) is 2.28. The number of nitrogens with one attached hydrogen (secondary N) is 2. The second kappa shape index (κ2) is 9.93. The molecule has 134 valence electrons. The molecule has 6 nitrogen and oxygen atoms in total. The molecule has 24 heavy (non-hydrogen) atoms. The van der Waals surface area contributed by atoms with Gasteiger partial charge in [-0.15, -0.1) is 0 Å². The van der Waals surface area contributed by atoms with Gasteiger partial charge in [-0.2, -0.15) is 0 Å². The van der Waals surface area contributed by atoms with Crippen LogP contribution in [0, 0.1) is 13.8 Å². The van der Waals surface area contributed by atoms with E-state index in [1.165, 1.54) is 5.56 Å². The Morgan fingerprint density at radius 2 is 1.83 bits per heavy atom. The number of nitrogens with zero attached hydrogens (tertiary/aromatic N) is 1. The van der Waals surface area contributed by atoms with Crippen molar-refractivity contribution in [2.45, 2.75) is 33.7 Å². The Kier molecular flexibility index (Phi) is 8.26. The average Bonchev–Trinajstić information content (AvgIpc) is 2.44. The zero-order valence-corrected chi connectivity index (χ0v) is 15.3. The molecule has 1 aromatic rings. The van der Waals surface area contributed by atoms with E-state index in [0.717, 1.165) is 11.3 Å². The minimum Gasteiger partial charge on any atom is -0.491 e. The third kappa shape index (κ3) is 7.97. The van der Waals surface area contributed by atoms with Crippen LogP contribution in [0.5, 0.6) is 5.75 Å². The molecule has 0 heterocycles. The van der Waals surface area contributed by atoms with Crippen LogP contribution < -0.4 is 15.4 Å². The van der Waals surface area contributed by atoms with E-state index in [9.17, 15) is 9.59 Å². The van der Waals surface area contributed by atoms with Crippen LogP contribution in [0.2, 0.25) is 0 Å². The Balaban J connectivity index is 2.22. The molecule has 0 atom stereocenters. The lowest BCUT2D eigenvalue weighted by molar-refractivity contribution is -0.124. The number of aryl methyl sites for hydroxylation is 2. The van der Waals surface area contributed by atoms with Crippen molar-refractivity contribution in [1.82, 2.24) is 15.5 Å². The standard InChI is InChI=1S/C18H29N3O3/c1-13(2)20-18(23)12-21(5)11-17(22)19-8-9-24-16-7-6-14(3)10-15(16)4/h6-7,10,13H,8-9,11-12H2,1-5H3,(H,19,22)(H,20,23). The summed E-state index contributed by atoms with van der Waals surface area (Å²) in [6.45, 7) is 9.05. The van der Waals surface area contributed by atoms with Crippen LogP contribution in [0.15, 0.2) is 18.2 Å². The molecule has 0 aliphatic rings. The normalized spacial score (nSPS) is 10.8. The maximum atomic E-state index is 11.8. The zero-order chi connectivity index (χ0) is 18.1. The van der Waals surface area contributed by atoms with Gasteiger partial charge in [0.2, 0.25) is 11.8 Å². The van der Waals surface area contributed by atoms with Crippen molar-refractivity contribution in [3.05, 3.63) is 29.3 Å². The van der Waals surface area contributed by atoms with Crippen molar-refractivity contribution in [3.8, 4) is 5.75 Å². The Morgan fingerprint density at radius 1 is 1.17 bits per heavy atom. The number of likely N-dealkylation sites (N-methyl/N-ethyl adjacent to an activating group) is 1. The third-order valence-corrected chi connectivity index (χ3v) is 3.29. The lowest BCUT2D eigenvalue weighted by Crippen LogP contribution is -2.43. The molecule has 0 fully saturated rings. The molecule has 0 aliphatic heterocycles. The monoisotopic (exact) mass is 335 g/mol. The summed E-state index contributed by atoms with van der Waals surface area (Å²) in [5.74, 6) is 0.620. The van der Waals surface area contributed by atoms with E-state index in [0.29, 0.717) is 13.2 Å². The minimum atomic E-state index is -0.126. The van der Waals surface area contributed by atoms with Gasteiger partial charge in [-0.05, 0) is 46.4 Å². The summed E-state index contributed by atoms with van der Waals surface area (Å²) >= 11 is 0. The Labute approximate surface area is 144 Å². The highest BCUT2D eigenvalue weighted by Gasteiger charge is 2.11. The Hall–Kier alpha value is -2.08. The number of amides is 2. The molecule has 2 amide bonds. The van der Waals surface area contributed by atoms with Gasteiger partial charge in [0.05, 0.1) is 19.6 Å². The second-order valence-corrected chi connectivity index (χ2v) is 6.36. The number of hydrogen-bond donors (Lipinski definition) is 2. The summed E-state index contributed by atoms with van der Waals surface area (Å²) in [5.41, 5.74) is 2.27. The van der Waals surface area contributed by atoms with Gasteiger partial charge in [-0.3, -0.25) is 14.5 Å². The average molecular weight is 335 g/mol. The first-order valence-corrected chi connectivity index (χ1v) is 8.22. The van der Waals surface area contributed by atoms with Crippen molar-refractivity contribution < 1.29 is 14.3 Å². The van der Waals surface area contributed by atoms with Gasteiger partial charge in [0.25, 0.3) is 0 Å². The first-order valence-electron chi connectivity index (χ1n) is 8.22. The fourth-order valence-corrected chi connectivity index (χ4v) is 2.28. The molecule has 0 radical (unpaired) electrons. The first-order chi connectivity index (χ1) is 11.3. The summed E-state index contributed by atoms with van der Waals surface area (Å²) in [7, 11) is 1.74. The maximum Gasteiger partial charge on any atom is 0.234 e. The summed E-state index contributed by atoms with van der Waals surface area (Å²) in [6.07, 6.45) is 0. The number of benzene rings is 1. The van der Waals surface area contributed by atoms with Gasteiger partial charge in [0, 0.05) is 6.04 Å². The van der Waals surface area contributed by atoms with E-state index in [2.05, 4.69) is 16.7 Å². The molecule has 0 saturated heterocycles. The van der Waals surface area contributed by atoms with Gasteiger partial charge in [0.15, 0.2) is 0 Å². The van der Waals surface area contributed by atoms with Crippen LogP contribution in [-0.4, -0.2) is 56.0 Å².